The first-order chi connectivity index (χ1) is 18.6. The van der Waals surface area contributed by atoms with Crippen molar-refractivity contribution >= 4 is 27.5 Å². The second-order valence-corrected chi connectivity index (χ2v) is 10.4. The van der Waals surface area contributed by atoms with Gasteiger partial charge < -0.3 is 15.0 Å². The van der Waals surface area contributed by atoms with E-state index in [4.69, 9.17) is 4.74 Å². The molecule has 0 bridgehead atoms. The monoisotopic (exact) mass is 559 g/mol. The fraction of sp³-hybridized carbons (Fsp3) is 0.286. The van der Waals surface area contributed by atoms with E-state index in [0.29, 0.717) is 18.9 Å². The number of hydrogen-bond donors (Lipinski definition) is 1. The Morgan fingerprint density at radius 2 is 1.59 bits per heavy atom. The van der Waals surface area contributed by atoms with Gasteiger partial charge >= 0.3 is 0 Å². The third-order valence-electron chi connectivity index (χ3n) is 5.93. The fourth-order valence-electron chi connectivity index (χ4n) is 3.85. The van der Waals surface area contributed by atoms with Crippen molar-refractivity contribution in [2.24, 2.45) is 0 Å². The Morgan fingerprint density at radius 3 is 2.18 bits per heavy atom. The molecule has 1 atom stereocenters. The summed E-state index contributed by atoms with van der Waals surface area (Å²) in [5.41, 5.74) is 0.194. The molecule has 8 nitrogen and oxygen atoms in total. The molecule has 0 spiro atoms. The molecule has 0 aromatic heterocycles. The molecular weight excluding hydrogens is 528 g/mol. The summed E-state index contributed by atoms with van der Waals surface area (Å²) in [4.78, 5) is 27.4. The number of rotatable bonds is 12. The van der Waals surface area contributed by atoms with Crippen molar-refractivity contribution < 1.29 is 31.5 Å². The maximum Gasteiger partial charge on any atom is 0.264 e. The second-order valence-electron chi connectivity index (χ2n) is 8.58. The lowest BCUT2D eigenvalue weighted by Gasteiger charge is -2.32. The van der Waals surface area contributed by atoms with Gasteiger partial charge in [-0.15, -0.1) is 0 Å². The van der Waals surface area contributed by atoms with E-state index in [2.05, 4.69) is 5.32 Å². The molecule has 0 radical (unpaired) electrons. The quantitative estimate of drug-likeness (QED) is 0.360. The van der Waals surface area contributed by atoms with Gasteiger partial charge in [-0.05, 0) is 75.4 Å². The Morgan fingerprint density at radius 1 is 0.949 bits per heavy atom. The summed E-state index contributed by atoms with van der Waals surface area (Å²) >= 11 is 0. The van der Waals surface area contributed by atoms with Crippen LogP contribution in [0.3, 0.4) is 0 Å². The van der Waals surface area contributed by atoms with Crippen molar-refractivity contribution in [2.45, 2.75) is 38.3 Å². The van der Waals surface area contributed by atoms with Crippen LogP contribution < -0.4 is 14.4 Å². The van der Waals surface area contributed by atoms with Crippen LogP contribution in [-0.2, 0) is 26.2 Å². The lowest BCUT2D eigenvalue weighted by molar-refractivity contribution is -0.139. The number of amides is 2. The van der Waals surface area contributed by atoms with E-state index in [1.54, 1.807) is 19.9 Å². The average Bonchev–Trinajstić information content (AvgIpc) is 2.92. The average molecular weight is 560 g/mol. The molecule has 0 unspecified atom stereocenters. The molecule has 0 aliphatic rings. The number of benzene rings is 3. The first-order valence-corrected chi connectivity index (χ1v) is 13.8. The smallest absolute Gasteiger partial charge is 0.264 e. The minimum Gasteiger partial charge on any atom is -0.494 e. The minimum atomic E-state index is -4.33. The van der Waals surface area contributed by atoms with Gasteiger partial charge in [0.15, 0.2) is 0 Å². The standard InChI is InChI=1S/C28H31F2N3O5S/c1-4-31-28(35)20(3)32(18-21-8-6-7-9-26(21)30)27(34)19-33(23-12-10-22(29)11-13-23)39(36,37)25-16-14-24(15-17-25)38-5-2/h6-17,20H,4-5,18-19H2,1-3H3,(H,31,35)/t20-/m1/s1. The normalized spacial score (nSPS) is 11.9. The zero-order chi connectivity index (χ0) is 28.6. The van der Waals surface area contributed by atoms with E-state index in [0.717, 1.165) is 21.3 Å². The van der Waals surface area contributed by atoms with E-state index < -0.39 is 46.1 Å². The molecule has 1 N–H and O–H groups in total. The van der Waals surface area contributed by atoms with Gasteiger partial charge in [0.05, 0.1) is 17.2 Å². The summed E-state index contributed by atoms with van der Waals surface area (Å²) in [5.74, 6) is -1.93. The number of anilines is 1. The Balaban J connectivity index is 2.02. The third-order valence-corrected chi connectivity index (χ3v) is 7.72. The highest BCUT2D eigenvalue weighted by molar-refractivity contribution is 7.92. The number of halogens is 2. The Bertz CT molecular complexity index is 1380. The predicted molar refractivity (Wildman–Crippen MR) is 144 cm³/mol. The number of sulfonamides is 1. The van der Waals surface area contributed by atoms with Gasteiger partial charge in [-0.2, -0.15) is 0 Å². The lowest BCUT2D eigenvalue weighted by atomic mass is 10.1. The molecule has 0 saturated heterocycles. The summed E-state index contributed by atoms with van der Waals surface area (Å²) < 4.78 is 61.9. The van der Waals surface area contributed by atoms with Crippen molar-refractivity contribution in [1.29, 1.82) is 0 Å². The summed E-state index contributed by atoms with van der Waals surface area (Å²) in [6.07, 6.45) is 0. The third kappa shape index (κ3) is 7.32. The van der Waals surface area contributed by atoms with Crippen LogP contribution in [0, 0.1) is 11.6 Å². The number of likely N-dealkylation sites (N-methyl/N-ethyl adjacent to an activating group) is 1. The van der Waals surface area contributed by atoms with Gasteiger partial charge in [-0.3, -0.25) is 13.9 Å². The number of carbonyl (C=O) groups excluding carboxylic acids is 2. The van der Waals surface area contributed by atoms with Crippen molar-refractivity contribution in [3.63, 3.8) is 0 Å². The zero-order valence-corrected chi connectivity index (χ0v) is 22.8. The zero-order valence-electron chi connectivity index (χ0n) is 21.9. The highest BCUT2D eigenvalue weighted by atomic mass is 32.2. The lowest BCUT2D eigenvalue weighted by Crippen LogP contribution is -2.51. The summed E-state index contributed by atoms with van der Waals surface area (Å²) in [6.45, 7) is 4.69. The molecule has 0 aliphatic heterocycles. The molecule has 208 valence electrons. The summed E-state index contributed by atoms with van der Waals surface area (Å²) in [5, 5.41) is 2.63. The van der Waals surface area contributed by atoms with Crippen molar-refractivity contribution in [3.05, 3.63) is 90.0 Å². The molecule has 0 fully saturated rings. The Kier molecular flexibility index (Phi) is 10.00. The molecule has 2 amide bonds. The second kappa shape index (κ2) is 13.2. The van der Waals surface area contributed by atoms with Gasteiger partial charge in [0.2, 0.25) is 11.8 Å². The van der Waals surface area contributed by atoms with Crippen LogP contribution in [-0.4, -0.2) is 50.9 Å². The van der Waals surface area contributed by atoms with E-state index >= 15 is 0 Å². The van der Waals surface area contributed by atoms with Crippen LogP contribution in [0.1, 0.15) is 26.3 Å². The maximum atomic E-state index is 14.5. The van der Waals surface area contributed by atoms with Crippen LogP contribution in [0.15, 0.2) is 77.7 Å². The number of nitrogens with one attached hydrogen (secondary N) is 1. The Labute approximate surface area is 227 Å². The van der Waals surface area contributed by atoms with Crippen molar-refractivity contribution in [2.75, 3.05) is 24.0 Å². The van der Waals surface area contributed by atoms with Crippen molar-refractivity contribution in [1.82, 2.24) is 10.2 Å². The molecule has 11 heteroatoms. The van der Waals surface area contributed by atoms with E-state index in [9.17, 15) is 26.8 Å². The summed E-state index contributed by atoms with van der Waals surface area (Å²) in [6, 6.07) is 15.1. The van der Waals surface area contributed by atoms with Gasteiger partial charge in [-0.25, -0.2) is 17.2 Å². The molecule has 3 aromatic carbocycles. The van der Waals surface area contributed by atoms with Gasteiger partial charge in [0.1, 0.15) is 30.0 Å². The first-order valence-electron chi connectivity index (χ1n) is 12.4. The molecule has 0 saturated carbocycles. The number of ether oxygens (including phenoxy) is 1. The molecule has 3 rings (SSSR count). The number of hydrogen-bond acceptors (Lipinski definition) is 5. The predicted octanol–water partition coefficient (Wildman–Crippen LogP) is 4.11. The van der Waals surface area contributed by atoms with Crippen molar-refractivity contribution in [3.8, 4) is 5.75 Å². The first kappa shape index (κ1) is 29.6. The largest absolute Gasteiger partial charge is 0.494 e. The molecule has 0 heterocycles. The van der Waals surface area contributed by atoms with E-state index in [-0.39, 0.29) is 22.7 Å². The Hall–Kier alpha value is -3.99. The van der Waals surface area contributed by atoms with Gasteiger partial charge in [0.25, 0.3) is 10.0 Å². The van der Waals surface area contributed by atoms with Gasteiger partial charge in [-0.1, -0.05) is 18.2 Å². The van der Waals surface area contributed by atoms with Crippen LogP contribution >= 0.6 is 0 Å². The van der Waals surface area contributed by atoms with Gasteiger partial charge in [0, 0.05) is 18.7 Å². The molecule has 0 aliphatic carbocycles. The van der Waals surface area contributed by atoms with Crippen LogP contribution in [0.4, 0.5) is 14.5 Å². The highest BCUT2D eigenvalue weighted by Crippen LogP contribution is 2.26. The molecule has 3 aromatic rings. The number of carbonyl (C=O) groups is 2. The molecule has 39 heavy (non-hydrogen) atoms. The maximum absolute atomic E-state index is 14.5. The van der Waals surface area contributed by atoms with Crippen LogP contribution in [0.5, 0.6) is 5.75 Å². The highest BCUT2D eigenvalue weighted by Gasteiger charge is 2.32. The van der Waals surface area contributed by atoms with Crippen LogP contribution in [0.2, 0.25) is 0 Å². The SMILES string of the molecule is CCNC(=O)[C@@H](C)N(Cc1ccccc1F)C(=O)CN(c1ccc(F)cc1)S(=O)(=O)c1ccc(OCC)cc1. The molecular formula is C28H31F2N3O5S. The van der Waals surface area contributed by atoms with E-state index in [1.807, 2.05) is 0 Å². The fourth-order valence-corrected chi connectivity index (χ4v) is 5.27. The van der Waals surface area contributed by atoms with Crippen LogP contribution in [0.25, 0.3) is 0 Å². The topological polar surface area (TPSA) is 96.0 Å². The summed E-state index contributed by atoms with van der Waals surface area (Å²) in [7, 11) is -4.33. The van der Waals surface area contributed by atoms with E-state index in [1.165, 1.54) is 61.5 Å². The number of nitrogens with zero attached hydrogens (tertiary/aromatic N) is 2. The minimum absolute atomic E-state index is 0.0372.